The molecular formula is C19H30O3. The van der Waals surface area contributed by atoms with Crippen molar-refractivity contribution in [2.24, 2.45) is 34.5 Å². The van der Waals surface area contributed by atoms with Gasteiger partial charge in [0, 0.05) is 11.8 Å². The van der Waals surface area contributed by atoms with Crippen molar-refractivity contribution in [3.05, 3.63) is 0 Å². The van der Waals surface area contributed by atoms with E-state index in [0.29, 0.717) is 23.5 Å². The fourth-order valence-electron chi connectivity index (χ4n) is 7.09. The predicted molar refractivity (Wildman–Crippen MR) is 84.1 cm³/mol. The van der Waals surface area contributed by atoms with Gasteiger partial charge in [-0.3, -0.25) is 4.79 Å². The molecule has 0 radical (unpaired) electrons. The summed E-state index contributed by atoms with van der Waals surface area (Å²) in [7, 11) is 0. The Balaban J connectivity index is 1.65. The SMILES string of the molecule is C[C@]12CC[C@@H](O)[C@H](O)[C@@H]1CC[C@@H]1[C@@H]2CC[C@]2(C)C(=O)CC[C@@H]12. The van der Waals surface area contributed by atoms with Crippen molar-refractivity contribution >= 4 is 5.78 Å². The van der Waals surface area contributed by atoms with Crippen molar-refractivity contribution in [2.45, 2.75) is 77.4 Å². The average Bonchev–Trinajstić information content (AvgIpc) is 2.79. The van der Waals surface area contributed by atoms with Gasteiger partial charge < -0.3 is 10.2 Å². The number of Topliss-reactive ketones (excluding diaryl/α,β-unsaturated/α-hetero) is 1. The van der Waals surface area contributed by atoms with Gasteiger partial charge in [0.05, 0.1) is 12.2 Å². The molecule has 0 amide bonds. The zero-order chi connectivity index (χ0) is 15.7. The maximum absolute atomic E-state index is 12.4. The van der Waals surface area contributed by atoms with Crippen LogP contribution < -0.4 is 0 Å². The molecule has 3 nitrogen and oxygen atoms in total. The maximum Gasteiger partial charge on any atom is 0.139 e. The number of carbonyl (C=O) groups is 1. The Hall–Kier alpha value is -0.410. The number of carbonyl (C=O) groups excluding carboxylic acids is 1. The van der Waals surface area contributed by atoms with Gasteiger partial charge in [-0.25, -0.2) is 0 Å². The molecule has 4 fully saturated rings. The van der Waals surface area contributed by atoms with E-state index in [2.05, 4.69) is 13.8 Å². The molecule has 22 heavy (non-hydrogen) atoms. The van der Waals surface area contributed by atoms with E-state index >= 15 is 0 Å². The second kappa shape index (κ2) is 4.80. The van der Waals surface area contributed by atoms with Crippen LogP contribution in [0.3, 0.4) is 0 Å². The summed E-state index contributed by atoms with van der Waals surface area (Å²) in [5.74, 6) is 2.62. The monoisotopic (exact) mass is 306 g/mol. The molecule has 0 heterocycles. The molecule has 3 heteroatoms. The standard InChI is InChI=1S/C19H30O3/c1-18-10-8-15(20)17(22)14(18)4-3-11-12-5-6-16(21)19(12,2)9-7-13(11)18/h11-15,17,20,22H,3-10H2,1-2H3/t11-,12-,13-,14-,15+,17+,18+,19-/m0/s1. The van der Waals surface area contributed by atoms with Crippen LogP contribution in [-0.2, 0) is 4.79 Å². The highest BCUT2D eigenvalue weighted by Gasteiger charge is 2.61. The molecule has 0 aromatic carbocycles. The van der Waals surface area contributed by atoms with Crippen LogP contribution in [0.25, 0.3) is 0 Å². The highest BCUT2D eigenvalue weighted by atomic mass is 16.3. The molecule has 8 atom stereocenters. The molecule has 2 N–H and O–H groups in total. The van der Waals surface area contributed by atoms with Gasteiger partial charge in [0.2, 0.25) is 0 Å². The fourth-order valence-corrected chi connectivity index (χ4v) is 7.09. The third-order valence-electron chi connectivity index (χ3n) is 8.44. The summed E-state index contributed by atoms with van der Waals surface area (Å²) >= 11 is 0. The van der Waals surface area contributed by atoms with E-state index in [4.69, 9.17) is 0 Å². The summed E-state index contributed by atoms with van der Waals surface area (Å²) in [6.45, 7) is 4.58. The third-order valence-corrected chi connectivity index (χ3v) is 8.44. The van der Waals surface area contributed by atoms with Crippen LogP contribution >= 0.6 is 0 Å². The van der Waals surface area contributed by atoms with Crippen molar-refractivity contribution in [1.29, 1.82) is 0 Å². The van der Waals surface area contributed by atoms with E-state index in [9.17, 15) is 15.0 Å². The average molecular weight is 306 g/mol. The molecule has 0 aromatic heterocycles. The number of rotatable bonds is 0. The lowest BCUT2D eigenvalue weighted by atomic mass is 9.45. The largest absolute Gasteiger partial charge is 0.390 e. The van der Waals surface area contributed by atoms with Crippen molar-refractivity contribution in [2.75, 3.05) is 0 Å². The number of fused-ring (bicyclic) bond motifs is 5. The number of aliphatic hydroxyl groups excluding tert-OH is 2. The van der Waals surface area contributed by atoms with E-state index in [1.807, 2.05) is 0 Å². The molecule has 0 aliphatic heterocycles. The minimum absolute atomic E-state index is 0.0584. The van der Waals surface area contributed by atoms with Gasteiger partial charge in [-0.1, -0.05) is 13.8 Å². The molecule has 4 aliphatic carbocycles. The lowest BCUT2D eigenvalue weighted by Crippen LogP contribution is -2.58. The summed E-state index contributed by atoms with van der Waals surface area (Å²) in [6.07, 6.45) is 6.91. The normalized spacial score (nSPS) is 57.9. The van der Waals surface area contributed by atoms with Crippen molar-refractivity contribution in [3.63, 3.8) is 0 Å². The predicted octanol–water partition coefficient (Wildman–Crippen LogP) is 2.93. The Bertz CT molecular complexity index is 489. The minimum Gasteiger partial charge on any atom is -0.390 e. The topological polar surface area (TPSA) is 57.5 Å². The van der Waals surface area contributed by atoms with Crippen LogP contribution in [0, 0.1) is 34.5 Å². The molecule has 0 bridgehead atoms. The van der Waals surface area contributed by atoms with Crippen molar-refractivity contribution in [1.82, 2.24) is 0 Å². The van der Waals surface area contributed by atoms with E-state index in [-0.39, 0.29) is 16.7 Å². The first kappa shape index (κ1) is 15.1. The molecule has 4 saturated carbocycles. The third kappa shape index (κ3) is 1.78. The van der Waals surface area contributed by atoms with Gasteiger partial charge >= 0.3 is 0 Å². The van der Waals surface area contributed by atoms with Crippen LogP contribution in [0.4, 0.5) is 0 Å². The Morgan fingerprint density at radius 1 is 0.909 bits per heavy atom. The highest BCUT2D eigenvalue weighted by molar-refractivity contribution is 5.87. The molecule has 0 unspecified atom stereocenters. The molecule has 4 rings (SSSR count). The lowest BCUT2D eigenvalue weighted by molar-refractivity contribution is -0.173. The fraction of sp³-hybridized carbons (Fsp3) is 0.947. The summed E-state index contributed by atoms with van der Waals surface area (Å²) in [5.41, 5.74) is 0.103. The van der Waals surface area contributed by atoms with Crippen LogP contribution in [0.1, 0.15) is 65.2 Å². The molecule has 0 spiro atoms. The Kier molecular flexibility index (Phi) is 3.30. The quantitative estimate of drug-likeness (QED) is 0.723. The van der Waals surface area contributed by atoms with Gasteiger partial charge in [-0.15, -0.1) is 0 Å². The van der Waals surface area contributed by atoms with Crippen LogP contribution in [-0.4, -0.2) is 28.2 Å². The van der Waals surface area contributed by atoms with Gasteiger partial charge in [0.1, 0.15) is 5.78 Å². The molecule has 0 saturated heterocycles. The first-order chi connectivity index (χ1) is 10.4. The molecular weight excluding hydrogens is 276 g/mol. The van der Waals surface area contributed by atoms with Crippen LogP contribution in [0.2, 0.25) is 0 Å². The lowest BCUT2D eigenvalue weighted by Gasteiger charge is -2.61. The maximum atomic E-state index is 12.4. The van der Waals surface area contributed by atoms with Crippen molar-refractivity contribution in [3.8, 4) is 0 Å². The van der Waals surface area contributed by atoms with Gasteiger partial charge in [-0.05, 0) is 74.0 Å². The number of hydrogen-bond donors (Lipinski definition) is 2. The minimum atomic E-state index is -0.543. The second-order valence-corrected chi connectivity index (χ2v) is 9.08. The van der Waals surface area contributed by atoms with E-state index in [0.717, 1.165) is 51.4 Å². The number of aliphatic hydroxyl groups is 2. The van der Waals surface area contributed by atoms with E-state index in [1.54, 1.807) is 0 Å². The summed E-state index contributed by atoms with van der Waals surface area (Å²) in [5, 5.41) is 20.6. The number of ketones is 1. The number of hydrogen-bond acceptors (Lipinski definition) is 3. The van der Waals surface area contributed by atoms with Gasteiger partial charge in [-0.2, -0.15) is 0 Å². The summed E-state index contributed by atoms with van der Waals surface area (Å²) in [4.78, 5) is 12.4. The highest BCUT2D eigenvalue weighted by Crippen LogP contribution is 2.65. The first-order valence-electron chi connectivity index (χ1n) is 9.27. The molecule has 0 aromatic rings. The Morgan fingerprint density at radius 2 is 1.68 bits per heavy atom. The zero-order valence-electron chi connectivity index (χ0n) is 13.9. The van der Waals surface area contributed by atoms with Gasteiger partial charge in [0.25, 0.3) is 0 Å². The van der Waals surface area contributed by atoms with Crippen LogP contribution in [0.5, 0.6) is 0 Å². The van der Waals surface area contributed by atoms with E-state index in [1.165, 1.54) is 0 Å². The summed E-state index contributed by atoms with van der Waals surface area (Å²) < 4.78 is 0. The van der Waals surface area contributed by atoms with Crippen LogP contribution in [0.15, 0.2) is 0 Å². The second-order valence-electron chi connectivity index (χ2n) is 9.08. The molecule has 4 aliphatic rings. The molecule has 124 valence electrons. The first-order valence-corrected chi connectivity index (χ1v) is 9.27. The van der Waals surface area contributed by atoms with Crippen molar-refractivity contribution < 1.29 is 15.0 Å². The smallest absolute Gasteiger partial charge is 0.139 e. The zero-order valence-corrected chi connectivity index (χ0v) is 13.9. The Morgan fingerprint density at radius 3 is 2.45 bits per heavy atom. The summed E-state index contributed by atoms with van der Waals surface area (Å²) in [6, 6.07) is 0. The Labute approximate surface area is 133 Å². The van der Waals surface area contributed by atoms with E-state index < -0.39 is 12.2 Å². The van der Waals surface area contributed by atoms with Gasteiger partial charge in [0.15, 0.2) is 0 Å².